The molecule has 0 atom stereocenters. The minimum Gasteiger partial charge on any atom is -0.272 e. The largest absolute Gasteiger partial charge is 0.272 e. The summed E-state index contributed by atoms with van der Waals surface area (Å²) in [4.78, 5) is 16.0. The molecule has 0 unspecified atom stereocenters. The molecule has 0 fully saturated rings. The lowest BCUT2D eigenvalue weighted by Crippen LogP contribution is -2.19. The van der Waals surface area contributed by atoms with E-state index in [0.717, 1.165) is 16.4 Å². The van der Waals surface area contributed by atoms with Gasteiger partial charge in [0.2, 0.25) is 5.91 Å². The van der Waals surface area contributed by atoms with E-state index in [2.05, 4.69) is 20.6 Å². The average Bonchev–Trinajstić information content (AvgIpc) is 2.96. The van der Waals surface area contributed by atoms with Crippen molar-refractivity contribution < 1.29 is 4.79 Å². The first-order valence-corrected chi connectivity index (χ1v) is 9.18. The van der Waals surface area contributed by atoms with Crippen molar-refractivity contribution in [2.24, 2.45) is 5.10 Å². The molecule has 1 amide bonds. The molecule has 0 saturated heterocycles. The number of nitrogens with zero attached hydrogens (tertiary/aromatic N) is 4. The number of benzene rings is 1. The number of aromatic nitrogens is 3. The molecule has 2 heterocycles. The predicted octanol–water partition coefficient (Wildman–Crippen LogP) is 3.47. The fourth-order valence-corrected chi connectivity index (χ4v) is 3.15. The van der Waals surface area contributed by atoms with Crippen LogP contribution in [0.3, 0.4) is 0 Å². The van der Waals surface area contributed by atoms with Crippen molar-refractivity contribution in [2.75, 3.05) is 5.75 Å². The molecule has 0 saturated carbocycles. The van der Waals surface area contributed by atoms with Crippen molar-refractivity contribution >= 4 is 35.5 Å². The number of rotatable bonds is 6. The molecule has 0 radical (unpaired) electrons. The Morgan fingerprint density at radius 1 is 1.27 bits per heavy atom. The molecule has 3 rings (SSSR count). The van der Waals surface area contributed by atoms with Gasteiger partial charge in [0.15, 0.2) is 0 Å². The Morgan fingerprint density at radius 3 is 2.77 bits per heavy atom. The summed E-state index contributed by atoms with van der Waals surface area (Å²) in [6.07, 6.45) is 3.20. The van der Waals surface area contributed by atoms with Gasteiger partial charge in [-0.15, -0.1) is 0 Å². The van der Waals surface area contributed by atoms with Crippen LogP contribution in [-0.2, 0) is 4.79 Å². The predicted molar refractivity (Wildman–Crippen MR) is 104 cm³/mol. The number of halogens is 1. The van der Waals surface area contributed by atoms with Crippen LogP contribution in [0.25, 0.3) is 5.69 Å². The first-order valence-electron chi connectivity index (χ1n) is 7.81. The molecular formula is C18H16ClN5OS. The molecule has 8 heteroatoms. The van der Waals surface area contributed by atoms with Gasteiger partial charge in [0.25, 0.3) is 0 Å². The maximum Gasteiger partial charge on any atom is 0.250 e. The topological polar surface area (TPSA) is 72.2 Å². The highest BCUT2D eigenvalue weighted by Gasteiger charge is 2.13. The van der Waals surface area contributed by atoms with Gasteiger partial charge in [-0.2, -0.15) is 10.2 Å². The highest BCUT2D eigenvalue weighted by molar-refractivity contribution is 7.99. The van der Waals surface area contributed by atoms with E-state index in [-0.39, 0.29) is 11.7 Å². The molecule has 0 spiro atoms. The van der Waals surface area contributed by atoms with Crippen LogP contribution in [0.15, 0.2) is 64.9 Å². The van der Waals surface area contributed by atoms with E-state index < -0.39 is 0 Å². The molecule has 0 aliphatic heterocycles. The third-order valence-electron chi connectivity index (χ3n) is 3.42. The van der Waals surface area contributed by atoms with Crippen molar-refractivity contribution in [3.05, 3.63) is 71.1 Å². The van der Waals surface area contributed by atoms with Gasteiger partial charge in [-0.1, -0.05) is 47.6 Å². The molecule has 26 heavy (non-hydrogen) atoms. The summed E-state index contributed by atoms with van der Waals surface area (Å²) in [7, 11) is 0. The fourth-order valence-electron chi connectivity index (χ4n) is 2.17. The van der Waals surface area contributed by atoms with E-state index >= 15 is 0 Å². The van der Waals surface area contributed by atoms with Crippen LogP contribution in [0.4, 0.5) is 0 Å². The summed E-state index contributed by atoms with van der Waals surface area (Å²) < 4.78 is 1.64. The summed E-state index contributed by atoms with van der Waals surface area (Å²) >= 11 is 7.75. The Kier molecular flexibility index (Phi) is 6.04. The maximum atomic E-state index is 11.9. The van der Waals surface area contributed by atoms with E-state index in [1.807, 2.05) is 55.5 Å². The molecule has 1 N–H and O–H groups in total. The highest BCUT2D eigenvalue weighted by Crippen LogP contribution is 2.21. The van der Waals surface area contributed by atoms with Gasteiger partial charge in [0.1, 0.15) is 5.15 Å². The molecule has 6 nitrogen and oxygen atoms in total. The molecule has 2 aromatic heterocycles. The van der Waals surface area contributed by atoms with Crippen LogP contribution in [-0.4, -0.2) is 32.6 Å². The van der Waals surface area contributed by atoms with Crippen molar-refractivity contribution in [2.45, 2.75) is 11.9 Å². The van der Waals surface area contributed by atoms with Crippen LogP contribution in [0, 0.1) is 6.92 Å². The van der Waals surface area contributed by atoms with Crippen LogP contribution < -0.4 is 5.43 Å². The summed E-state index contributed by atoms with van der Waals surface area (Å²) in [6.45, 7) is 1.84. The van der Waals surface area contributed by atoms with Gasteiger partial charge in [-0.05, 0) is 31.2 Å². The smallest absolute Gasteiger partial charge is 0.250 e. The molecular weight excluding hydrogens is 370 g/mol. The number of thioether (sulfide) groups is 1. The van der Waals surface area contributed by atoms with Gasteiger partial charge >= 0.3 is 0 Å². The number of carbonyl (C=O) groups is 1. The maximum absolute atomic E-state index is 11.9. The number of pyridine rings is 1. The molecule has 0 bridgehead atoms. The van der Waals surface area contributed by atoms with Gasteiger partial charge in [-0.3, -0.25) is 4.79 Å². The molecule has 1 aromatic carbocycles. The molecule has 3 aromatic rings. The SMILES string of the molecule is Cc1nn(-c2ccccc2)c(Cl)c1/C=N\NC(=O)CSc1ccccn1. The number of hydrogen-bond donors (Lipinski definition) is 1. The van der Waals surface area contributed by atoms with Crippen molar-refractivity contribution in [1.82, 2.24) is 20.2 Å². The summed E-state index contributed by atoms with van der Waals surface area (Å²) in [6, 6.07) is 15.1. The lowest BCUT2D eigenvalue weighted by Gasteiger charge is -2.02. The summed E-state index contributed by atoms with van der Waals surface area (Å²) in [5.41, 5.74) is 4.73. The number of carbonyl (C=O) groups excluding carboxylic acids is 1. The van der Waals surface area contributed by atoms with E-state index in [9.17, 15) is 4.79 Å². The van der Waals surface area contributed by atoms with E-state index in [0.29, 0.717) is 10.7 Å². The summed E-state index contributed by atoms with van der Waals surface area (Å²) in [5.74, 6) is 0.00536. The second kappa shape index (κ2) is 8.64. The Balaban J connectivity index is 1.62. The second-order valence-corrected chi connectivity index (χ2v) is 6.64. The molecule has 0 aliphatic carbocycles. The average molecular weight is 386 g/mol. The number of nitrogens with one attached hydrogen (secondary N) is 1. The van der Waals surface area contributed by atoms with Crippen LogP contribution >= 0.6 is 23.4 Å². The second-order valence-electron chi connectivity index (χ2n) is 5.29. The molecule has 132 valence electrons. The minimum atomic E-state index is -0.221. The zero-order valence-electron chi connectivity index (χ0n) is 14.0. The van der Waals surface area contributed by atoms with Crippen LogP contribution in [0.1, 0.15) is 11.3 Å². The standard InChI is InChI=1S/C18H16ClN5OS/c1-13-15(18(19)24(23-13)14-7-3-2-4-8-14)11-21-22-16(25)12-26-17-9-5-6-10-20-17/h2-11H,12H2,1H3,(H,22,25)/b21-11-. The summed E-state index contributed by atoms with van der Waals surface area (Å²) in [5, 5.41) is 9.64. The van der Waals surface area contributed by atoms with Crippen molar-refractivity contribution in [3.63, 3.8) is 0 Å². The number of hydrogen-bond acceptors (Lipinski definition) is 5. The number of aryl methyl sites for hydroxylation is 1. The Labute approximate surface area is 160 Å². The number of para-hydroxylation sites is 1. The van der Waals surface area contributed by atoms with Crippen molar-refractivity contribution in [1.29, 1.82) is 0 Å². The third kappa shape index (κ3) is 4.50. The monoisotopic (exact) mass is 385 g/mol. The highest BCUT2D eigenvalue weighted by atomic mass is 35.5. The van der Waals surface area contributed by atoms with Gasteiger partial charge in [0, 0.05) is 6.20 Å². The van der Waals surface area contributed by atoms with Gasteiger partial charge in [-0.25, -0.2) is 15.1 Å². The van der Waals surface area contributed by atoms with Gasteiger partial charge < -0.3 is 0 Å². The normalized spacial score (nSPS) is 11.0. The van der Waals surface area contributed by atoms with E-state index in [4.69, 9.17) is 11.6 Å². The van der Waals surface area contributed by atoms with Crippen LogP contribution in [0.2, 0.25) is 5.15 Å². The van der Waals surface area contributed by atoms with Crippen molar-refractivity contribution in [3.8, 4) is 5.69 Å². The lowest BCUT2D eigenvalue weighted by molar-refractivity contribution is -0.118. The van der Waals surface area contributed by atoms with E-state index in [1.54, 1.807) is 10.9 Å². The van der Waals surface area contributed by atoms with Crippen LogP contribution in [0.5, 0.6) is 0 Å². The fraction of sp³-hybridized carbons (Fsp3) is 0.111. The zero-order chi connectivity index (χ0) is 18.4. The third-order valence-corrected chi connectivity index (χ3v) is 4.73. The first-order chi connectivity index (χ1) is 12.6. The Bertz CT molecular complexity index is 912. The number of amides is 1. The molecule has 0 aliphatic rings. The number of hydrazone groups is 1. The minimum absolute atomic E-state index is 0.221. The lowest BCUT2D eigenvalue weighted by atomic mass is 10.3. The first kappa shape index (κ1) is 18.2. The van der Waals surface area contributed by atoms with E-state index in [1.165, 1.54) is 18.0 Å². The quantitative estimate of drug-likeness (QED) is 0.400. The Hall–Kier alpha value is -2.64. The zero-order valence-corrected chi connectivity index (χ0v) is 15.5. The van der Waals surface area contributed by atoms with Gasteiger partial charge in [0.05, 0.1) is 33.9 Å². The Morgan fingerprint density at radius 2 is 2.04 bits per heavy atom.